The van der Waals surface area contributed by atoms with E-state index in [1.807, 2.05) is 31.2 Å². The van der Waals surface area contributed by atoms with Crippen LogP contribution in [-0.2, 0) is 10.0 Å². The van der Waals surface area contributed by atoms with Crippen LogP contribution in [0.15, 0.2) is 24.3 Å². The van der Waals surface area contributed by atoms with Gasteiger partial charge in [-0.05, 0) is 47.2 Å². The minimum atomic E-state index is -3.37. The van der Waals surface area contributed by atoms with Crippen molar-refractivity contribution in [3.63, 3.8) is 0 Å². The van der Waals surface area contributed by atoms with Gasteiger partial charge < -0.3 is 5.32 Å². The quantitative estimate of drug-likeness (QED) is 0.782. The van der Waals surface area contributed by atoms with E-state index < -0.39 is 10.0 Å². The summed E-state index contributed by atoms with van der Waals surface area (Å²) in [6.07, 6.45) is 0. The molecular formula is C10H15IN2O2S. The zero-order valence-electron chi connectivity index (χ0n) is 8.98. The molecule has 6 heteroatoms. The molecule has 0 amide bonds. The number of rotatable bonds is 5. The van der Waals surface area contributed by atoms with Gasteiger partial charge in [-0.1, -0.05) is 12.1 Å². The first-order chi connectivity index (χ1) is 7.38. The van der Waals surface area contributed by atoms with Crippen LogP contribution in [0.2, 0.25) is 0 Å². The molecular weight excluding hydrogens is 339 g/mol. The first-order valence-electron chi connectivity index (χ1n) is 4.88. The Morgan fingerprint density at radius 3 is 2.44 bits per heavy atom. The van der Waals surface area contributed by atoms with Crippen LogP contribution in [0.5, 0.6) is 0 Å². The molecule has 0 fully saturated rings. The van der Waals surface area contributed by atoms with Crippen molar-refractivity contribution in [2.24, 2.45) is 5.14 Å². The van der Waals surface area contributed by atoms with Crippen molar-refractivity contribution in [1.29, 1.82) is 0 Å². The van der Waals surface area contributed by atoms with Gasteiger partial charge >= 0.3 is 0 Å². The number of nitrogens with one attached hydrogen (secondary N) is 1. The lowest BCUT2D eigenvalue weighted by atomic mass is 10.1. The van der Waals surface area contributed by atoms with Gasteiger partial charge in [0.15, 0.2) is 0 Å². The van der Waals surface area contributed by atoms with Crippen LogP contribution in [0.25, 0.3) is 0 Å². The molecule has 0 saturated carbocycles. The maximum Gasteiger partial charge on any atom is 0.210 e. The maximum absolute atomic E-state index is 10.7. The van der Waals surface area contributed by atoms with Crippen LogP contribution in [0, 0.1) is 3.57 Å². The summed E-state index contributed by atoms with van der Waals surface area (Å²) in [5.74, 6) is -0.0400. The van der Waals surface area contributed by atoms with E-state index in [4.69, 9.17) is 5.14 Å². The molecule has 0 aromatic heterocycles. The highest BCUT2D eigenvalue weighted by molar-refractivity contribution is 14.1. The van der Waals surface area contributed by atoms with Gasteiger partial charge in [-0.15, -0.1) is 0 Å². The third kappa shape index (κ3) is 5.24. The fourth-order valence-corrected chi connectivity index (χ4v) is 2.05. The van der Waals surface area contributed by atoms with Gasteiger partial charge in [0.05, 0.1) is 5.75 Å². The smallest absolute Gasteiger partial charge is 0.210 e. The molecule has 90 valence electrons. The average Bonchev–Trinajstić information content (AvgIpc) is 2.16. The lowest BCUT2D eigenvalue weighted by molar-refractivity contribution is 0.573. The van der Waals surface area contributed by atoms with Crippen LogP contribution in [-0.4, -0.2) is 20.7 Å². The molecule has 0 spiro atoms. The first-order valence-corrected chi connectivity index (χ1v) is 7.67. The third-order valence-electron chi connectivity index (χ3n) is 2.21. The van der Waals surface area contributed by atoms with Crippen molar-refractivity contribution in [1.82, 2.24) is 5.32 Å². The van der Waals surface area contributed by atoms with Gasteiger partial charge in [-0.25, -0.2) is 13.6 Å². The van der Waals surface area contributed by atoms with Gasteiger partial charge in [-0.3, -0.25) is 0 Å². The van der Waals surface area contributed by atoms with E-state index in [1.54, 1.807) is 0 Å². The van der Waals surface area contributed by atoms with Crippen LogP contribution in [0.3, 0.4) is 0 Å². The second kappa shape index (κ2) is 5.95. The SMILES string of the molecule is CC(NCCS(N)(=O)=O)c1ccc(I)cc1. The molecule has 3 N–H and O–H groups in total. The molecule has 1 unspecified atom stereocenters. The summed E-state index contributed by atoms with van der Waals surface area (Å²) < 4.78 is 22.6. The second-order valence-electron chi connectivity index (χ2n) is 3.59. The number of halogens is 1. The molecule has 0 radical (unpaired) electrons. The van der Waals surface area contributed by atoms with Crippen molar-refractivity contribution in [2.75, 3.05) is 12.3 Å². The molecule has 0 heterocycles. The van der Waals surface area contributed by atoms with E-state index in [-0.39, 0.29) is 11.8 Å². The van der Waals surface area contributed by atoms with Crippen LogP contribution < -0.4 is 10.5 Å². The highest BCUT2D eigenvalue weighted by Crippen LogP contribution is 2.13. The summed E-state index contributed by atoms with van der Waals surface area (Å²) in [6, 6.07) is 8.22. The molecule has 0 aliphatic rings. The Morgan fingerprint density at radius 1 is 1.38 bits per heavy atom. The van der Waals surface area contributed by atoms with Crippen LogP contribution >= 0.6 is 22.6 Å². The molecule has 4 nitrogen and oxygen atoms in total. The van der Waals surface area contributed by atoms with E-state index in [9.17, 15) is 8.42 Å². The van der Waals surface area contributed by atoms with Gasteiger partial charge in [-0.2, -0.15) is 0 Å². The Labute approximate surface area is 110 Å². The first kappa shape index (κ1) is 13.9. The predicted molar refractivity (Wildman–Crippen MR) is 73.6 cm³/mol. The molecule has 1 aromatic carbocycles. The fraction of sp³-hybridized carbons (Fsp3) is 0.400. The molecule has 0 aliphatic heterocycles. The largest absolute Gasteiger partial charge is 0.309 e. The number of primary sulfonamides is 1. The average molecular weight is 354 g/mol. The van der Waals surface area contributed by atoms with Gasteiger partial charge in [0, 0.05) is 16.2 Å². The molecule has 0 aliphatic carbocycles. The summed E-state index contributed by atoms with van der Waals surface area (Å²) in [6.45, 7) is 2.36. The number of hydrogen-bond donors (Lipinski definition) is 2. The Bertz CT molecular complexity index is 431. The molecule has 16 heavy (non-hydrogen) atoms. The lowest BCUT2D eigenvalue weighted by Crippen LogP contribution is -2.28. The van der Waals surface area contributed by atoms with E-state index in [2.05, 4.69) is 27.9 Å². The maximum atomic E-state index is 10.7. The van der Waals surface area contributed by atoms with Gasteiger partial charge in [0.2, 0.25) is 10.0 Å². The second-order valence-corrected chi connectivity index (χ2v) is 6.57. The number of hydrogen-bond acceptors (Lipinski definition) is 3. The molecule has 0 bridgehead atoms. The van der Waals surface area contributed by atoms with E-state index >= 15 is 0 Å². The van der Waals surface area contributed by atoms with Crippen LogP contribution in [0.1, 0.15) is 18.5 Å². The summed E-state index contributed by atoms with van der Waals surface area (Å²) in [5.41, 5.74) is 1.13. The van der Waals surface area contributed by atoms with Gasteiger partial charge in [0.25, 0.3) is 0 Å². The lowest BCUT2D eigenvalue weighted by Gasteiger charge is -2.13. The van der Waals surface area contributed by atoms with Crippen molar-refractivity contribution in [3.05, 3.63) is 33.4 Å². The van der Waals surface area contributed by atoms with Crippen LogP contribution in [0.4, 0.5) is 0 Å². The highest BCUT2D eigenvalue weighted by Gasteiger charge is 2.06. The Kier molecular flexibility index (Phi) is 5.16. The Balaban J connectivity index is 2.47. The summed E-state index contributed by atoms with van der Waals surface area (Å²) in [7, 11) is -3.37. The van der Waals surface area contributed by atoms with E-state index in [1.165, 1.54) is 3.57 Å². The zero-order chi connectivity index (χ0) is 12.2. The summed E-state index contributed by atoms with van der Waals surface area (Å²) in [5, 5.41) is 8.02. The van der Waals surface area contributed by atoms with Crippen molar-refractivity contribution in [2.45, 2.75) is 13.0 Å². The summed E-state index contributed by atoms with van der Waals surface area (Å²) in [4.78, 5) is 0. The van der Waals surface area contributed by atoms with Gasteiger partial charge in [0.1, 0.15) is 0 Å². The van der Waals surface area contributed by atoms with E-state index in [0.717, 1.165) is 5.56 Å². The fourth-order valence-electron chi connectivity index (χ4n) is 1.29. The molecule has 1 aromatic rings. The van der Waals surface area contributed by atoms with Crippen molar-refractivity contribution < 1.29 is 8.42 Å². The van der Waals surface area contributed by atoms with Crippen molar-refractivity contribution in [3.8, 4) is 0 Å². The monoisotopic (exact) mass is 354 g/mol. The number of benzene rings is 1. The minimum absolute atomic E-state index is 0.0400. The normalized spacial score (nSPS) is 13.7. The Hall–Kier alpha value is -0.180. The zero-order valence-corrected chi connectivity index (χ0v) is 12.0. The predicted octanol–water partition coefficient (Wildman–Crippen LogP) is 1.23. The minimum Gasteiger partial charge on any atom is -0.309 e. The molecule has 0 saturated heterocycles. The Morgan fingerprint density at radius 2 is 1.94 bits per heavy atom. The molecule has 1 rings (SSSR count). The topological polar surface area (TPSA) is 72.2 Å². The summed E-state index contributed by atoms with van der Waals surface area (Å²) >= 11 is 2.24. The number of nitrogens with two attached hydrogens (primary N) is 1. The molecule has 1 atom stereocenters. The third-order valence-corrected chi connectivity index (χ3v) is 3.70. The highest BCUT2D eigenvalue weighted by atomic mass is 127. The van der Waals surface area contributed by atoms with E-state index in [0.29, 0.717) is 6.54 Å². The number of sulfonamides is 1. The van der Waals surface area contributed by atoms with Crippen molar-refractivity contribution >= 4 is 32.6 Å². The standard InChI is InChI=1S/C10H15IN2O2S/c1-8(13-6-7-16(12,14)15)9-2-4-10(11)5-3-9/h2-5,8,13H,6-7H2,1H3,(H2,12,14,15).